The molecule has 0 fully saturated rings. The number of benzene rings is 1. The molecule has 0 bridgehead atoms. The molecule has 1 heterocycles. The molecule has 0 radical (unpaired) electrons. The summed E-state index contributed by atoms with van der Waals surface area (Å²) < 4.78 is 4.70. The van der Waals surface area contributed by atoms with Gasteiger partial charge in [-0.25, -0.2) is 9.78 Å². The molecule has 2 aromatic rings. The van der Waals surface area contributed by atoms with Gasteiger partial charge in [0.25, 0.3) is 0 Å². The van der Waals surface area contributed by atoms with E-state index in [1.807, 2.05) is 31.4 Å². The predicted molar refractivity (Wildman–Crippen MR) is 76.7 cm³/mol. The van der Waals surface area contributed by atoms with E-state index in [9.17, 15) is 4.79 Å². The molecule has 1 aromatic heterocycles. The van der Waals surface area contributed by atoms with Gasteiger partial charge in [0.1, 0.15) is 0 Å². The second-order valence-electron chi connectivity index (χ2n) is 4.23. The van der Waals surface area contributed by atoms with Gasteiger partial charge in [-0.2, -0.15) is 0 Å². The Bertz CT molecular complexity index is 593. The van der Waals surface area contributed by atoms with Crippen molar-refractivity contribution in [3.63, 3.8) is 0 Å². The van der Waals surface area contributed by atoms with Gasteiger partial charge in [0.15, 0.2) is 0 Å². The molecule has 1 N–H and O–H groups in total. The van der Waals surface area contributed by atoms with Crippen LogP contribution in [-0.4, -0.2) is 18.1 Å². The standard InChI is InChI=1S/C14H16N2O2S/c1-9-6-11(14(17)18-3)4-5-13(9)15-7-12-8-19-10(2)16-12/h4-6,8,15H,7H2,1-3H3. The summed E-state index contributed by atoms with van der Waals surface area (Å²) >= 11 is 1.64. The molecule has 5 heteroatoms. The van der Waals surface area contributed by atoms with Crippen LogP contribution in [0.25, 0.3) is 0 Å². The molecular weight excluding hydrogens is 260 g/mol. The van der Waals surface area contributed by atoms with Gasteiger partial charge in [0.2, 0.25) is 0 Å². The number of nitrogens with zero attached hydrogens (tertiary/aromatic N) is 1. The highest BCUT2D eigenvalue weighted by molar-refractivity contribution is 7.09. The van der Waals surface area contributed by atoms with Gasteiger partial charge in [0, 0.05) is 11.1 Å². The van der Waals surface area contributed by atoms with Crippen molar-refractivity contribution in [2.24, 2.45) is 0 Å². The normalized spacial score (nSPS) is 10.3. The fourth-order valence-corrected chi connectivity index (χ4v) is 2.39. The molecule has 0 spiro atoms. The van der Waals surface area contributed by atoms with Crippen LogP contribution in [0, 0.1) is 13.8 Å². The fourth-order valence-electron chi connectivity index (χ4n) is 1.78. The van der Waals surface area contributed by atoms with Gasteiger partial charge >= 0.3 is 5.97 Å². The summed E-state index contributed by atoms with van der Waals surface area (Å²) in [6.07, 6.45) is 0. The molecule has 0 saturated carbocycles. The van der Waals surface area contributed by atoms with Crippen molar-refractivity contribution in [1.82, 2.24) is 4.98 Å². The molecule has 19 heavy (non-hydrogen) atoms. The molecule has 1 aromatic carbocycles. The minimum Gasteiger partial charge on any atom is -0.465 e. The van der Waals surface area contributed by atoms with E-state index in [1.165, 1.54) is 7.11 Å². The van der Waals surface area contributed by atoms with Crippen LogP contribution in [0.2, 0.25) is 0 Å². The molecule has 2 rings (SSSR count). The van der Waals surface area contributed by atoms with Gasteiger partial charge in [-0.1, -0.05) is 0 Å². The number of nitrogens with one attached hydrogen (secondary N) is 1. The Balaban J connectivity index is 2.07. The quantitative estimate of drug-likeness (QED) is 0.872. The number of hydrogen-bond donors (Lipinski definition) is 1. The highest BCUT2D eigenvalue weighted by Gasteiger charge is 2.07. The first-order valence-electron chi connectivity index (χ1n) is 5.94. The van der Waals surface area contributed by atoms with Gasteiger partial charge in [0.05, 0.1) is 29.9 Å². The number of aromatic nitrogens is 1. The Labute approximate surface area is 116 Å². The van der Waals surface area contributed by atoms with Crippen molar-refractivity contribution < 1.29 is 9.53 Å². The minimum atomic E-state index is -0.315. The van der Waals surface area contributed by atoms with Gasteiger partial charge in [-0.05, 0) is 37.6 Å². The molecule has 0 aliphatic carbocycles. The summed E-state index contributed by atoms with van der Waals surface area (Å²) in [5.74, 6) is -0.315. The number of ether oxygens (including phenoxy) is 1. The van der Waals surface area contributed by atoms with Crippen molar-refractivity contribution >= 4 is 23.0 Å². The average molecular weight is 276 g/mol. The maximum Gasteiger partial charge on any atom is 0.337 e. The molecule has 0 aliphatic rings. The van der Waals surface area contributed by atoms with E-state index in [0.717, 1.165) is 22.0 Å². The Morgan fingerprint density at radius 2 is 2.21 bits per heavy atom. The lowest BCUT2D eigenvalue weighted by Gasteiger charge is -2.09. The molecule has 4 nitrogen and oxygen atoms in total. The van der Waals surface area contributed by atoms with E-state index in [2.05, 4.69) is 10.3 Å². The maximum absolute atomic E-state index is 11.4. The minimum absolute atomic E-state index is 0.315. The summed E-state index contributed by atoms with van der Waals surface area (Å²) in [5, 5.41) is 6.43. The van der Waals surface area contributed by atoms with Crippen LogP contribution in [-0.2, 0) is 11.3 Å². The number of methoxy groups -OCH3 is 1. The predicted octanol–water partition coefficient (Wildman–Crippen LogP) is 3.16. The lowest BCUT2D eigenvalue weighted by atomic mass is 10.1. The Morgan fingerprint density at radius 1 is 1.42 bits per heavy atom. The van der Waals surface area contributed by atoms with Crippen LogP contribution >= 0.6 is 11.3 Å². The average Bonchev–Trinajstić information content (AvgIpc) is 2.82. The zero-order valence-corrected chi connectivity index (χ0v) is 12.0. The first kappa shape index (κ1) is 13.5. The number of rotatable bonds is 4. The van der Waals surface area contributed by atoms with E-state index < -0.39 is 0 Å². The summed E-state index contributed by atoms with van der Waals surface area (Å²) in [6, 6.07) is 5.47. The van der Waals surface area contributed by atoms with E-state index in [4.69, 9.17) is 4.74 Å². The zero-order chi connectivity index (χ0) is 13.8. The van der Waals surface area contributed by atoms with E-state index in [0.29, 0.717) is 12.1 Å². The lowest BCUT2D eigenvalue weighted by Crippen LogP contribution is -2.05. The van der Waals surface area contributed by atoms with Crippen molar-refractivity contribution in [2.45, 2.75) is 20.4 Å². The second kappa shape index (κ2) is 5.84. The van der Waals surface area contributed by atoms with Gasteiger partial charge < -0.3 is 10.1 Å². The summed E-state index contributed by atoms with van der Waals surface area (Å²) in [7, 11) is 1.38. The zero-order valence-electron chi connectivity index (χ0n) is 11.2. The number of carbonyl (C=O) groups is 1. The van der Waals surface area contributed by atoms with Crippen LogP contribution in [0.5, 0.6) is 0 Å². The smallest absolute Gasteiger partial charge is 0.337 e. The number of anilines is 1. The highest BCUT2D eigenvalue weighted by atomic mass is 32.1. The van der Waals surface area contributed by atoms with Crippen molar-refractivity contribution in [3.8, 4) is 0 Å². The van der Waals surface area contributed by atoms with Gasteiger partial charge in [-0.15, -0.1) is 11.3 Å². The van der Waals surface area contributed by atoms with E-state index in [-0.39, 0.29) is 5.97 Å². The first-order chi connectivity index (χ1) is 9.10. The number of aryl methyl sites for hydroxylation is 2. The highest BCUT2D eigenvalue weighted by Crippen LogP contribution is 2.18. The van der Waals surface area contributed by atoms with E-state index >= 15 is 0 Å². The molecule has 0 aliphatic heterocycles. The lowest BCUT2D eigenvalue weighted by molar-refractivity contribution is 0.0600. The maximum atomic E-state index is 11.4. The van der Waals surface area contributed by atoms with Gasteiger partial charge in [-0.3, -0.25) is 0 Å². The number of esters is 1. The van der Waals surface area contributed by atoms with Crippen LogP contribution in [0.3, 0.4) is 0 Å². The summed E-state index contributed by atoms with van der Waals surface area (Å²) in [6.45, 7) is 4.63. The largest absolute Gasteiger partial charge is 0.465 e. The monoisotopic (exact) mass is 276 g/mol. The number of carbonyl (C=O) groups excluding carboxylic acids is 1. The topological polar surface area (TPSA) is 51.2 Å². The first-order valence-corrected chi connectivity index (χ1v) is 6.82. The molecule has 100 valence electrons. The fraction of sp³-hybridized carbons (Fsp3) is 0.286. The second-order valence-corrected chi connectivity index (χ2v) is 5.29. The SMILES string of the molecule is COC(=O)c1ccc(NCc2csc(C)n2)c(C)c1. The Hall–Kier alpha value is -1.88. The van der Waals surface area contributed by atoms with Crippen LogP contribution in [0.1, 0.15) is 26.6 Å². The van der Waals surface area contributed by atoms with Crippen molar-refractivity contribution in [2.75, 3.05) is 12.4 Å². The Morgan fingerprint density at radius 3 is 2.79 bits per heavy atom. The summed E-state index contributed by atoms with van der Waals surface area (Å²) in [5.41, 5.74) is 3.60. The third kappa shape index (κ3) is 3.32. The third-order valence-corrected chi connectivity index (χ3v) is 3.60. The molecule has 0 amide bonds. The third-order valence-electron chi connectivity index (χ3n) is 2.77. The Kier molecular flexibility index (Phi) is 4.16. The van der Waals surface area contributed by atoms with Crippen molar-refractivity contribution in [1.29, 1.82) is 0 Å². The van der Waals surface area contributed by atoms with Crippen LogP contribution < -0.4 is 5.32 Å². The molecule has 0 saturated heterocycles. The van der Waals surface area contributed by atoms with Crippen LogP contribution in [0.4, 0.5) is 5.69 Å². The molecule has 0 atom stereocenters. The van der Waals surface area contributed by atoms with Crippen molar-refractivity contribution in [3.05, 3.63) is 45.4 Å². The van der Waals surface area contributed by atoms with Crippen LogP contribution in [0.15, 0.2) is 23.6 Å². The van der Waals surface area contributed by atoms with E-state index in [1.54, 1.807) is 17.4 Å². The number of hydrogen-bond acceptors (Lipinski definition) is 5. The summed E-state index contributed by atoms with van der Waals surface area (Å²) in [4.78, 5) is 15.8. The number of thiazole rings is 1. The molecule has 0 unspecified atom stereocenters. The molecular formula is C14H16N2O2S.